The van der Waals surface area contributed by atoms with Gasteiger partial charge in [-0.2, -0.15) is 0 Å². The fourth-order valence-corrected chi connectivity index (χ4v) is 4.14. The number of benzene rings is 2. The largest absolute Gasteiger partial charge is 0.459 e. The lowest BCUT2D eigenvalue weighted by Crippen LogP contribution is -2.47. The molecular formula is C27H32N4O3. The standard InChI is InChI=1S/C27H32N4O3/c1-20(2)25(29-26(32)24-9-6-18-34-24)27(33)28-22-10-12-23(13-11-22)31-16-14-30(15-17-31)19-21-7-4-3-5-8-21/h3-13,18,20,25H,14-17,19H2,1-2H3,(H,28,33)(H,29,32)/t25-/m0/s1. The van der Waals surface area contributed by atoms with Gasteiger partial charge in [0, 0.05) is 44.1 Å². The molecule has 0 aliphatic carbocycles. The fraction of sp³-hybridized carbons (Fsp3) is 0.333. The van der Waals surface area contributed by atoms with E-state index in [-0.39, 0.29) is 17.6 Å². The Morgan fingerprint density at radius 2 is 1.62 bits per heavy atom. The van der Waals surface area contributed by atoms with Crippen molar-refractivity contribution in [1.82, 2.24) is 10.2 Å². The van der Waals surface area contributed by atoms with Gasteiger partial charge in [-0.05, 0) is 47.9 Å². The van der Waals surface area contributed by atoms with Crippen LogP contribution in [0.4, 0.5) is 11.4 Å². The summed E-state index contributed by atoms with van der Waals surface area (Å²) in [6.07, 6.45) is 1.43. The Labute approximate surface area is 200 Å². The van der Waals surface area contributed by atoms with Crippen LogP contribution in [-0.2, 0) is 11.3 Å². The van der Waals surface area contributed by atoms with Gasteiger partial charge in [0.1, 0.15) is 6.04 Å². The summed E-state index contributed by atoms with van der Waals surface area (Å²) in [5.41, 5.74) is 3.19. The van der Waals surface area contributed by atoms with Crippen molar-refractivity contribution in [2.24, 2.45) is 5.92 Å². The highest BCUT2D eigenvalue weighted by molar-refractivity contribution is 6.00. The molecule has 2 heterocycles. The minimum atomic E-state index is -0.671. The smallest absolute Gasteiger partial charge is 0.287 e. The molecule has 7 nitrogen and oxygen atoms in total. The molecule has 178 valence electrons. The Kier molecular flexibility index (Phi) is 7.65. The van der Waals surface area contributed by atoms with E-state index in [1.165, 1.54) is 11.8 Å². The van der Waals surface area contributed by atoms with Crippen LogP contribution in [0.15, 0.2) is 77.4 Å². The van der Waals surface area contributed by atoms with Crippen molar-refractivity contribution in [3.8, 4) is 0 Å². The van der Waals surface area contributed by atoms with Crippen LogP contribution in [0.25, 0.3) is 0 Å². The van der Waals surface area contributed by atoms with Gasteiger partial charge in [-0.3, -0.25) is 14.5 Å². The van der Waals surface area contributed by atoms with E-state index in [9.17, 15) is 9.59 Å². The molecule has 0 unspecified atom stereocenters. The van der Waals surface area contributed by atoms with E-state index < -0.39 is 11.9 Å². The van der Waals surface area contributed by atoms with Crippen molar-refractivity contribution in [2.45, 2.75) is 26.4 Å². The Balaban J connectivity index is 1.29. The molecular weight excluding hydrogens is 428 g/mol. The number of carbonyl (C=O) groups is 2. The summed E-state index contributed by atoms with van der Waals surface area (Å²) >= 11 is 0. The maximum Gasteiger partial charge on any atom is 0.287 e. The van der Waals surface area contributed by atoms with Crippen LogP contribution in [0, 0.1) is 5.92 Å². The zero-order valence-electron chi connectivity index (χ0n) is 19.7. The van der Waals surface area contributed by atoms with Gasteiger partial charge in [-0.15, -0.1) is 0 Å². The average Bonchev–Trinajstić information content (AvgIpc) is 3.39. The summed E-state index contributed by atoms with van der Waals surface area (Å²) in [5.74, 6) is -0.546. The summed E-state index contributed by atoms with van der Waals surface area (Å²) in [5, 5.41) is 5.69. The number of anilines is 2. The lowest BCUT2D eigenvalue weighted by atomic mass is 10.0. The molecule has 1 fully saturated rings. The topological polar surface area (TPSA) is 77.8 Å². The zero-order valence-corrected chi connectivity index (χ0v) is 19.7. The molecule has 0 radical (unpaired) electrons. The Morgan fingerprint density at radius 3 is 2.24 bits per heavy atom. The van der Waals surface area contributed by atoms with Gasteiger partial charge in [0.2, 0.25) is 5.91 Å². The Bertz CT molecular complexity index is 1060. The fourth-order valence-electron chi connectivity index (χ4n) is 4.14. The number of hydrogen-bond donors (Lipinski definition) is 2. The van der Waals surface area contributed by atoms with Crippen LogP contribution in [0.3, 0.4) is 0 Å². The minimum absolute atomic E-state index is 0.0784. The van der Waals surface area contributed by atoms with Gasteiger partial charge in [-0.25, -0.2) is 0 Å². The lowest BCUT2D eigenvalue weighted by molar-refractivity contribution is -0.118. The third kappa shape index (κ3) is 6.05. The first-order valence-corrected chi connectivity index (χ1v) is 11.8. The van der Waals surface area contributed by atoms with Gasteiger partial charge < -0.3 is 20.0 Å². The molecule has 0 bridgehead atoms. The van der Waals surface area contributed by atoms with Crippen LogP contribution >= 0.6 is 0 Å². The minimum Gasteiger partial charge on any atom is -0.459 e. The lowest BCUT2D eigenvalue weighted by Gasteiger charge is -2.36. The number of nitrogens with one attached hydrogen (secondary N) is 2. The molecule has 2 aromatic carbocycles. The molecule has 1 saturated heterocycles. The first-order valence-electron chi connectivity index (χ1n) is 11.8. The number of amides is 2. The molecule has 4 rings (SSSR count). The predicted octanol–water partition coefficient (Wildman–Crippen LogP) is 3.99. The van der Waals surface area contributed by atoms with Crippen LogP contribution in [0.5, 0.6) is 0 Å². The van der Waals surface area contributed by atoms with Crippen LogP contribution in [0.1, 0.15) is 30.0 Å². The average molecular weight is 461 g/mol. The van der Waals surface area contributed by atoms with Crippen molar-refractivity contribution in [3.63, 3.8) is 0 Å². The van der Waals surface area contributed by atoms with E-state index in [0.717, 1.165) is 38.4 Å². The summed E-state index contributed by atoms with van der Waals surface area (Å²) in [4.78, 5) is 30.0. The number of furan rings is 1. The Hall–Kier alpha value is -3.58. The van der Waals surface area contributed by atoms with E-state index in [2.05, 4.69) is 44.7 Å². The molecule has 7 heteroatoms. The molecule has 2 N–H and O–H groups in total. The van der Waals surface area contributed by atoms with Crippen molar-refractivity contribution in [1.29, 1.82) is 0 Å². The Morgan fingerprint density at radius 1 is 0.912 bits per heavy atom. The number of carbonyl (C=O) groups excluding carboxylic acids is 2. The molecule has 1 aliphatic heterocycles. The SMILES string of the molecule is CC(C)[C@H](NC(=O)c1ccco1)C(=O)Nc1ccc(N2CCN(Cc3ccccc3)CC2)cc1. The second kappa shape index (κ2) is 11.0. The van der Waals surface area contributed by atoms with Crippen molar-refractivity contribution < 1.29 is 14.0 Å². The van der Waals surface area contributed by atoms with E-state index in [1.807, 2.05) is 44.2 Å². The third-order valence-corrected chi connectivity index (χ3v) is 6.10. The molecule has 3 aromatic rings. The van der Waals surface area contributed by atoms with Gasteiger partial charge in [0.25, 0.3) is 5.91 Å². The molecule has 1 atom stereocenters. The third-order valence-electron chi connectivity index (χ3n) is 6.10. The van der Waals surface area contributed by atoms with Crippen molar-refractivity contribution in [3.05, 3.63) is 84.3 Å². The monoisotopic (exact) mass is 460 g/mol. The highest BCUT2D eigenvalue weighted by atomic mass is 16.3. The first-order chi connectivity index (χ1) is 16.5. The summed E-state index contributed by atoms with van der Waals surface area (Å²) in [6, 6.07) is 21.0. The second-order valence-corrected chi connectivity index (χ2v) is 8.96. The van der Waals surface area contributed by atoms with Gasteiger partial charge in [-0.1, -0.05) is 44.2 Å². The molecule has 1 aromatic heterocycles. The van der Waals surface area contributed by atoms with Crippen LogP contribution in [-0.4, -0.2) is 48.9 Å². The summed E-state index contributed by atoms with van der Waals surface area (Å²) < 4.78 is 5.13. The molecule has 0 spiro atoms. The van der Waals surface area contributed by atoms with Gasteiger partial charge >= 0.3 is 0 Å². The maximum atomic E-state index is 12.9. The normalized spacial score (nSPS) is 15.2. The van der Waals surface area contributed by atoms with Gasteiger partial charge in [0.05, 0.1) is 6.26 Å². The number of piperazine rings is 1. The summed E-state index contributed by atoms with van der Waals surface area (Å²) in [6.45, 7) is 8.73. The van der Waals surface area contributed by atoms with E-state index in [0.29, 0.717) is 5.69 Å². The van der Waals surface area contributed by atoms with Gasteiger partial charge in [0.15, 0.2) is 5.76 Å². The van der Waals surface area contributed by atoms with Crippen molar-refractivity contribution >= 4 is 23.2 Å². The van der Waals surface area contributed by atoms with Crippen LogP contribution in [0.2, 0.25) is 0 Å². The molecule has 2 amide bonds. The van der Waals surface area contributed by atoms with Crippen molar-refractivity contribution in [2.75, 3.05) is 36.4 Å². The van der Waals surface area contributed by atoms with E-state index in [4.69, 9.17) is 4.42 Å². The summed E-state index contributed by atoms with van der Waals surface area (Å²) in [7, 11) is 0. The molecule has 1 aliphatic rings. The quantitative estimate of drug-likeness (QED) is 0.531. The predicted molar refractivity (Wildman–Crippen MR) is 134 cm³/mol. The maximum absolute atomic E-state index is 12.9. The first kappa shape index (κ1) is 23.6. The van der Waals surface area contributed by atoms with Crippen LogP contribution < -0.4 is 15.5 Å². The zero-order chi connectivity index (χ0) is 23.9. The number of nitrogens with zero attached hydrogens (tertiary/aromatic N) is 2. The second-order valence-electron chi connectivity index (χ2n) is 8.96. The molecule has 34 heavy (non-hydrogen) atoms. The number of rotatable bonds is 8. The van der Waals surface area contributed by atoms with E-state index in [1.54, 1.807) is 12.1 Å². The highest BCUT2D eigenvalue weighted by Crippen LogP contribution is 2.21. The number of hydrogen-bond acceptors (Lipinski definition) is 5. The highest BCUT2D eigenvalue weighted by Gasteiger charge is 2.26. The molecule has 0 saturated carbocycles. The van der Waals surface area contributed by atoms with E-state index >= 15 is 0 Å².